The molecule has 0 saturated heterocycles. The van der Waals surface area contributed by atoms with Gasteiger partial charge in [-0.3, -0.25) is 10.1 Å². The monoisotopic (exact) mass is 213 g/mol. The maximum Gasteiger partial charge on any atom is 0.339 e. The minimum Gasteiger partial charge on any atom is -0.504 e. The zero-order valence-corrected chi connectivity index (χ0v) is 7.63. The number of methoxy groups -OCH3 is 1. The number of ether oxygens (including phenoxy) is 1. The summed E-state index contributed by atoms with van der Waals surface area (Å²) in [6.07, 6.45) is 0. The van der Waals surface area contributed by atoms with Gasteiger partial charge in [0, 0.05) is 6.07 Å². The molecular formula is C8H7NO6. The minimum absolute atomic E-state index is 0.298. The largest absolute Gasteiger partial charge is 0.504 e. The molecule has 2 N–H and O–H groups in total. The Kier molecular flexibility index (Phi) is 2.75. The number of rotatable bonds is 3. The number of non-ortho nitro benzene ring substituents is 1. The molecule has 0 fully saturated rings. The third kappa shape index (κ3) is 1.96. The third-order valence-electron chi connectivity index (χ3n) is 1.70. The molecular weight excluding hydrogens is 206 g/mol. The number of carboxylic acid groups (broad SMARTS) is 1. The number of carboxylic acids is 1. The summed E-state index contributed by atoms with van der Waals surface area (Å²) in [5.41, 5.74) is -0.963. The molecule has 0 amide bonds. The van der Waals surface area contributed by atoms with Crippen LogP contribution < -0.4 is 4.74 Å². The second-order valence-electron chi connectivity index (χ2n) is 2.61. The molecule has 0 aliphatic rings. The van der Waals surface area contributed by atoms with Crippen LogP contribution >= 0.6 is 0 Å². The zero-order chi connectivity index (χ0) is 11.6. The van der Waals surface area contributed by atoms with E-state index < -0.39 is 27.9 Å². The van der Waals surface area contributed by atoms with Gasteiger partial charge in [0.2, 0.25) is 0 Å². The molecule has 0 unspecified atom stereocenters. The quantitative estimate of drug-likeness (QED) is 0.572. The summed E-state index contributed by atoms with van der Waals surface area (Å²) in [5, 5.41) is 28.4. The summed E-state index contributed by atoms with van der Waals surface area (Å²) >= 11 is 0. The third-order valence-corrected chi connectivity index (χ3v) is 1.70. The molecule has 0 spiro atoms. The van der Waals surface area contributed by atoms with E-state index in [1.807, 2.05) is 0 Å². The van der Waals surface area contributed by atoms with Crippen molar-refractivity contribution in [1.29, 1.82) is 0 Å². The van der Waals surface area contributed by atoms with Crippen LogP contribution in [0.15, 0.2) is 12.1 Å². The lowest BCUT2D eigenvalue weighted by atomic mass is 10.1. The summed E-state index contributed by atoms with van der Waals surface area (Å²) in [5.74, 6) is -2.29. The van der Waals surface area contributed by atoms with Gasteiger partial charge >= 0.3 is 5.97 Å². The lowest BCUT2D eigenvalue weighted by Crippen LogP contribution is -2.02. The molecule has 0 bridgehead atoms. The molecule has 0 saturated carbocycles. The van der Waals surface area contributed by atoms with E-state index in [4.69, 9.17) is 5.11 Å². The van der Waals surface area contributed by atoms with Crippen LogP contribution in [0.25, 0.3) is 0 Å². The number of phenols is 1. The van der Waals surface area contributed by atoms with E-state index in [2.05, 4.69) is 4.74 Å². The average molecular weight is 213 g/mol. The molecule has 0 aliphatic carbocycles. The second kappa shape index (κ2) is 3.82. The second-order valence-corrected chi connectivity index (χ2v) is 2.61. The number of aromatic hydroxyl groups is 1. The van der Waals surface area contributed by atoms with Gasteiger partial charge in [-0.1, -0.05) is 0 Å². The number of hydrogen-bond donors (Lipinski definition) is 2. The first-order valence-corrected chi connectivity index (χ1v) is 3.76. The topological polar surface area (TPSA) is 110 Å². The van der Waals surface area contributed by atoms with Gasteiger partial charge in [-0.2, -0.15) is 0 Å². The van der Waals surface area contributed by atoms with Crippen LogP contribution in [0.4, 0.5) is 5.69 Å². The summed E-state index contributed by atoms with van der Waals surface area (Å²) in [4.78, 5) is 20.3. The van der Waals surface area contributed by atoms with E-state index in [-0.39, 0.29) is 5.75 Å². The zero-order valence-electron chi connectivity index (χ0n) is 7.63. The molecule has 80 valence electrons. The Morgan fingerprint density at radius 1 is 1.53 bits per heavy atom. The number of hydrogen-bond acceptors (Lipinski definition) is 5. The minimum atomic E-state index is -1.41. The average Bonchev–Trinajstić information content (AvgIpc) is 2.16. The van der Waals surface area contributed by atoms with Crippen LogP contribution in [0.3, 0.4) is 0 Å². The van der Waals surface area contributed by atoms with Crippen molar-refractivity contribution in [2.75, 3.05) is 7.11 Å². The number of benzene rings is 1. The van der Waals surface area contributed by atoms with Crippen molar-refractivity contribution in [3.8, 4) is 11.5 Å². The van der Waals surface area contributed by atoms with Gasteiger partial charge in [0.15, 0.2) is 11.5 Å². The lowest BCUT2D eigenvalue weighted by Gasteiger charge is -2.06. The van der Waals surface area contributed by atoms with E-state index in [9.17, 15) is 20.0 Å². The van der Waals surface area contributed by atoms with Crippen LogP contribution in [-0.2, 0) is 0 Å². The van der Waals surface area contributed by atoms with Crippen molar-refractivity contribution in [2.45, 2.75) is 0 Å². The van der Waals surface area contributed by atoms with Crippen LogP contribution in [0.2, 0.25) is 0 Å². The van der Waals surface area contributed by atoms with E-state index in [1.165, 1.54) is 0 Å². The Bertz CT molecular complexity index is 427. The Labute approximate surface area is 83.7 Å². The fourth-order valence-corrected chi connectivity index (χ4v) is 1.08. The summed E-state index contributed by atoms with van der Waals surface area (Å²) in [7, 11) is 1.16. The predicted molar refractivity (Wildman–Crippen MR) is 48.3 cm³/mol. The van der Waals surface area contributed by atoms with Gasteiger partial charge in [0.25, 0.3) is 5.69 Å². The fourth-order valence-electron chi connectivity index (χ4n) is 1.08. The molecule has 15 heavy (non-hydrogen) atoms. The molecule has 1 aromatic rings. The molecule has 1 aromatic carbocycles. The van der Waals surface area contributed by atoms with E-state index in [1.54, 1.807) is 0 Å². The predicted octanol–water partition coefficient (Wildman–Crippen LogP) is 1.01. The maximum absolute atomic E-state index is 10.7. The van der Waals surface area contributed by atoms with Crippen LogP contribution in [0.1, 0.15) is 10.4 Å². The number of nitro groups is 1. The van der Waals surface area contributed by atoms with Crippen molar-refractivity contribution < 1.29 is 24.7 Å². The van der Waals surface area contributed by atoms with E-state index in [0.29, 0.717) is 0 Å². The van der Waals surface area contributed by atoms with Crippen molar-refractivity contribution in [3.05, 3.63) is 27.8 Å². The Balaban J connectivity index is 3.45. The Hall–Kier alpha value is -2.31. The molecule has 0 radical (unpaired) electrons. The molecule has 1 rings (SSSR count). The summed E-state index contributed by atoms with van der Waals surface area (Å²) in [6.45, 7) is 0. The SMILES string of the molecule is COc1c(O)cc([N+](=O)[O-])cc1C(=O)O. The first-order chi connectivity index (χ1) is 6.97. The van der Waals surface area contributed by atoms with E-state index in [0.717, 1.165) is 19.2 Å². The van der Waals surface area contributed by atoms with Gasteiger partial charge in [0.05, 0.1) is 18.1 Å². The maximum atomic E-state index is 10.7. The van der Waals surface area contributed by atoms with Crippen LogP contribution in [0, 0.1) is 10.1 Å². The standard InChI is InChI=1S/C8H7NO6/c1-15-7-5(8(11)12)2-4(9(13)14)3-6(7)10/h2-3,10H,1H3,(H,11,12). The highest BCUT2D eigenvalue weighted by atomic mass is 16.6. The number of phenolic OH excluding ortho intramolecular Hbond substituents is 1. The summed E-state index contributed by atoms with van der Waals surface area (Å²) < 4.78 is 4.62. The van der Waals surface area contributed by atoms with E-state index >= 15 is 0 Å². The van der Waals surface area contributed by atoms with Gasteiger partial charge in [-0.15, -0.1) is 0 Å². The van der Waals surface area contributed by atoms with Crippen LogP contribution in [-0.4, -0.2) is 28.2 Å². The number of carbonyl (C=O) groups is 1. The van der Waals surface area contributed by atoms with Gasteiger partial charge in [0.1, 0.15) is 5.56 Å². The molecule has 7 heteroatoms. The summed E-state index contributed by atoms with van der Waals surface area (Å²) in [6, 6.07) is 1.64. The molecule has 0 atom stereocenters. The Morgan fingerprint density at radius 3 is 2.53 bits per heavy atom. The van der Waals surface area contributed by atoms with Crippen LogP contribution in [0.5, 0.6) is 11.5 Å². The smallest absolute Gasteiger partial charge is 0.339 e. The highest BCUT2D eigenvalue weighted by molar-refractivity contribution is 5.93. The number of nitrogens with zero attached hydrogens (tertiary/aromatic N) is 1. The highest BCUT2D eigenvalue weighted by Crippen LogP contribution is 2.34. The molecule has 0 aromatic heterocycles. The molecule has 0 heterocycles. The van der Waals surface area contributed by atoms with Gasteiger partial charge in [-0.05, 0) is 0 Å². The lowest BCUT2D eigenvalue weighted by molar-refractivity contribution is -0.385. The first kappa shape index (κ1) is 10.8. The molecule has 7 nitrogen and oxygen atoms in total. The van der Waals surface area contributed by atoms with Crippen molar-refractivity contribution in [2.24, 2.45) is 0 Å². The first-order valence-electron chi connectivity index (χ1n) is 3.76. The van der Waals surface area contributed by atoms with Crippen molar-refractivity contribution in [3.63, 3.8) is 0 Å². The van der Waals surface area contributed by atoms with Gasteiger partial charge < -0.3 is 14.9 Å². The fraction of sp³-hybridized carbons (Fsp3) is 0.125. The van der Waals surface area contributed by atoms with Crippen molar-refractivity contribution >= 4 is 11.7 Å². The number of aromatic carboxylic acids is 1. The van der Waals surface area contributed by atoms with Crippen molar-refractivity contribution in [1.82, 2.24) is 0 Å². The highest BCUT2D eigenvalue weighted by Gasteiger charge is 2.21. The molecule has 0 aliphatic heterocycles. The normalized spacial score (nSPS) is 9.67. The Morgan fingerprint density at radius 2 is 2.13 bits per heavy atom. The number of nitro benzene ring substituents is 1. The van der Waals surface area contributed by atoms with Gasteiger partial charge in [-0.25, -0.2) is 4.79 Å².